The summed E-state index contributed by atoms with van der Waals surface area (Å²) < 4.78 is 5.56. The lowest BCUT2D eigenvalue weighted by Gasteiger charge is -1.95. The van der Waals surface area contributed by atoms with Crippen molar-refractivity contribution in [3.8, 4) is 11.5 Å². The van der Waals surface area contributed by atoms with Gasteiger partial charge in [0.2, 0.25) is 0 Å². The van der Waals surface area contributed by atoms with Crippen molar-refractivity contribution < 1.29 is 4.42 Å². The van der Waals surface area contributed by atoms with E-state index in [0.717, 1.165) is 16.8 Å². The summed E-state index contributed by atoms with van der Waals surface area (Å²) in [5.74, 6) is 1.30. The fourth-order valence-electron chi connectivity index (χ4n) is 1.85. The lowest BCUT2D eigenvalue weighted by atomic mass is 10.2. The number of nitrogens with two attached hydrogens (primary N) is 1. The molecule has 0 atom stereocenters. The van der Waals surface area contributed by atoms with E-state index in [9.17, 15) is 0 Å². The number of aryl methyl sites for hydroxylation is 2. The van der Waals surface area contributed by atoms with Crippen LogP contribution >= 0.6 is 0 Å². The van der Waals surface area contributed by atoms with Crippen LogP contribution in [-0.4, -0.2) is 20.2 Å². The zero-order chi connectivity index (χ0) is 12.0. The molecule has 0 saturated carbocycles. The molecule has 3 rings (SSSR count). The molecular weight excluding hydrogens is 218 g/mol. The van der Waals surface area contributed by atoms with Gasteiger partial charge in [0.15, 0.2) is 17.3 Å². The third kappa shape index (κ3) is 1.45. The minimum atomic E-state index is 0.592. The topological polar surface area (TPSA) is 93.6 Å². The smallest absolute Gasteiger partial charge is 0.192 e. The summed E-state index contributed by atoms with van der Waals surface area (Å²) in [5.41, 5.74) is 8.51. The normalized spacial score (nSPS) is 11.2. The Morgan fingerprint density at radius 1 is 1.35 bits per heavy atom. The van der Waals surface area contributed by atoms with E-state index in [-0.39, 0.29) is 0 Å². The first-order valence-corrected chi connectivity index (χ1v) is 5.19. The molecule has 6 heteroatoms. The number of H-pyrrole nitrogens is 1. The number of aromatic nitrogens is 4. The van der Waals surface area contributed by atoms with Crippen molar-refractivity contribution in [2.24, 2.45) is 0 Å². The highest BCUT2D eigenvalue weighted by Gasteiger charge is 2.15. The maximum Gasteiger partial charge on any atom is 0.192 e. The molecule has 0 aliphatic rings. The van der Waals surface area contributed by atoms with Crippen LogP contribution in [0.25, 0.3) is 22.5 Å². The van der Waals surface area contributed by atoms with Crippen LogP contribution in [0.2, 0.25) is 0 Å². The Labute approximate surface area is 96.9 Å². The summed E-state index contributed by atoms with van der Waals surface area (Å²) in [6.45, 7) is 3.69. The summed E-state index contributed by atoms with van der Waals surface area (Å²) in [6.07, 6.45) is 1.57. The Kier molecular flexibility index (Phi) is 1.91. The predicted molar refractivity (Wildman–Crippen MR) is 63.3 cm³/mol. The second kappa shape index (κ2) is 3.31. The average molecular weight is 229 g/mol. The number of nitrogen functional groups attached to an aromatic ring is 1. The molecule has 0 amide bonds. The van der Waals surface area contributed by atoms with Gasteiger partial charge in [-0.15, -0.1) is 0 Å². The molecule has 3 aromatic heterocycles. The van der Waals surface area contributed by atoms with Gasteiger partial charge in [0.1, 0.15) is 5.69 Å². The quantitative estimate of drug-likeness (QED) is 0.663. The summed E-state index contributed by atoms with van der Waals surface area (Å²) in [5, 5.41) is 7.85. The Hall–Kier alpha value is -2.37. The Bertz CT molecular complexity index is 697. The SMILES string of the molecule is Cc1nc(C)c(-c2[nH]nc3ncc(N)cc23)o1. The molecule has 3 N–H and O–H groups in total. The Morgan fingerprint density at radius 2 is 2.18 bits per heavy atom. The minimum Gasteiger partial charge on any atom is -0.439 e. The molecule has 0 aromatic carbocycles. The van der Waals surface area contributed by atoms with Crippen LogP contribution in [0, 0.1) is 13.8 Å². The molecule has 0 aliphatic heterocycles. The number of rotatable bonds is 1. The summed E-state index contributed by atoms with van der Waals surface area (Å²) in [7, 11) is 0. The summed E-state index contributed by atoms with van der Waals surface area (Å²) in [6, 6.07) is 1.82. The molecule has 0 aliphatic carbocycles. The van der Waals surface area contributed by atoms with Gasteiger partial charge >= 0.3 is 0 Å². The van der Waals surface area contributed by atoms with E-state index in [1.165, 1.54) is 0 Å². The first-order chi connectivity index (χ1) is 8.15. The zero-order valence-corrected chi connectivity index (χ0v) is 9.48. The van der Waals surface area contributed by atoms with Gasteiger partial charge in [-0.25, -0.2) is 9.97 Å². The molecule has 17 heavy (non-hydrogen) atoms. The fourth-order valence-corrected chi connectivity index (χ4v) is 1.85. The molecule has 3 aromatic rings. The number of nitrogens with zero attached hydrogens (tertiary/aromatic N) is 3. The lowest BCUT2D eigenvalue weighted by molar-refractivity contribution is 0.532. The number of hydrogen-bond donors (Lipinski definition) is 2. The first-order valence-electron chi connectivity index (χ1n) is 5.19. The predicted octanol–water partition coefficient (Wildman–Crippen LogP) is 1.81. The standard InChI is InChI=1S/C11H11N5O/c1-5-10(17-6(2)14-5)9-8-3-7(12)4-13-11(8)16-15-9/h3-4H,12H2,1-2H3,(H,13,15,16). The number of anilines is 1. The van der Waals surface area contributed by atoms with E-state index >= 15 is 0 Å². The van der Waals surface area contributed by atoms with Crippen LogP contribution in [0.5, 0.6) is 0 Å². The fraction of sp³-hybridized carbons (Fsp3) is 0.182. The molecule has 0 spiro atoms. The largest absolute Gasteiger partial charge is 0.439 e. The van der Waals surface area contributed by atoms with Gasteiger partial charge in [-0.2, -0.15) is 5.10 Å². The Balaban J connectivity index is 2.30. The molecule has 0 saturated heterocycles. The molecule has 86 valence electrons. The maximum atomic E-state index is 5.72. The molecule has 0 radical (unpaired) electrons. The van der Waals surface area contributed by atoms with Gasteiger partial charge in [-0.05, 0) is 13.0 Å². The third-order valence-corrected chi connectivity index (χ3v) is 2.56. The second-order valence-electron chi connectivity index (χ2n) is 3.89. The lowest BCUT2D eigenvalue weighted by Crippen LogP contribution is -1.86. The third-order valence-electron chi connectivity index (χ3n) is 2.56. The highest BCUT2D eigenvalue weighted by molar-refractivity contribution is 5.91. The highest BCUT2D eigenvalue weighted by Crippen LogP contribution is 2.29. The van der Waals surface area contributed by atoms with Gasteiger partial charge in [-0.3, -0.25) is 5.10 Å². The highest BCUT2D eigenvalue weighted by atomic mass is 16.4. The van der Waals surface area contributed by atoms with Crippen LogP contribution in [-0.2, 0) is 0 Å². The molecule has 0 fully saturated rings. The van der Waals surface area contributed by atoms with Crippen molar-refractivity contribution in [3.63, 3.8) is 0 Å². The monoisotopic (exact) mass is 229 g/mol. The van der Waals surface area contributed by atoms with E-state index in [1.54, 1.807) is 6.20 Å². The van der Waals surface area contributed by atoms with Crippen molar-refractivity contribution in [3.05, 3.63) is 23.8 Å². The van der Waals surface area contributed by atoms with Crippen LogP contribution in [0.15, 0.2) is 16.7 Å². The number of fused-ring (bicyclic) bond motifs is 1. The van der Waals surface area contributed by atoms with E-state index in [2.05, 4.69) is 20.2 Å². The maximum absolute atomic E-state index is 5.72. The molecule has 0 unspecified atom stereocenters. The van der Waals surface area contributed by atoms with Crippen LogP contribution in [0.3, 0.4) is 0 Å². The average Bonchev–Trinajstić information content (AvgIpc) is 2.81. The molecule has 0 bridgehead atoms. The second-order valence-corrected chi connectivity index (χ2v) is 3.89. The van der Waals surface area contributed by atoms with Crippen molar-refractivity contribution in [1.29, 1.82) is 0 Å². The van der Waals surface area contributed by atoms with Gasteiger partial charge in [0.05, 0.1) is 23.0 Å². The molecular formula is C11H11N5O. The van der Waals surface area contributed by atoms with Crippen LogP contribution in [0.1, 0.15) is 11.6 Å². The minimum absolute atomic E-state index is 0.592. The van der Waals surface area contributed by atoms with Crippen molar-refractivity contribution in [2.75, 3.05) is 5.73 Å². The van der Waals surface area contributed by atoms with Crippen LogP contribution in [0.4, 0.5) is 5.69 Å². The number of pyridine rings is 1. The first kappa shape index (κ1) is 9.83. The Morgan fingerprint density at radius 3 is 2.88 bits per heavy atom. The van der Waals surface area contributed by atoms with E-state index in [4.69, 9.17) is 10.2 Å². The number of aromatic amines is 1. The van der Waals surface area contributed by atoms with Gasteiger partial charge in [0, 0.05) is 6.92 Å². The van der Waals surface area contributed by atoms with Crippen molar-refractivity contribution >= 4 is 16.7 Å². The van der Waals surface area contributed by atoms with Gasteiger partial charge in [-0.1, -0.05) is 0 Å². The molecule has 3 heterocycles. The zero-order valence-electron chi connectivity index (χ0n) is 9.48. The number of hydrogen-bond acceptors (Lipinski definition) is 5. The number of oxazole rings is 1. The molecule has 6 nitrogen and oxygen atoms in total. The van der Waals surface area contributed by atoms with Crippen molar-refractivity contribution in [2.45, 2.75) is 13.8 Å². The van der Waals surface area contributed by atoms with Gasteiger partial charge in [0.25, 0.3) is 0 Å². The van der Waals surface area contributed by atoms with Gasteiger partial charge < -0.3 is 10.2 Å². The van der Waals surface area contributed by atoms with Crippen LogP contribution < -0.4 is 5.73 Å². The summed E-state index contributed by atoms with van der Waals surface area (Å²) in [4.78, 5) is 8.36. The van der Waals surface area contributed by atoms with E-state index < -0.39 is 0 Å². The van der Waals surface area contributed by atoms with E-state index in [1.807, 2.05) is 19.9 Å². The number of nitrogens with one attached hydrogen (secondary N) is 1. The van der Waals surface area contributed by atoms with Crippen molar-refractivity contribution in [1.82, 2.24) is 20.2 Å². The summed E-state index contributed by atoms with van der Waals surface area (Å²) >= 11 is 0. The van der Waals surface area contributed by atoms with E-state index in [0.29, 0.717) is 23.0 Å².